The molecule has 28 heavy (non-hydrogen) atoms. The van der Waals surface area contributed by atoms with Crippen LogP contribution in [0.3, 0.4) is 0 Å². The van der Waals surface area contributed by atoms with Gasteiger partial charge < -0.3 is 5.32 Å². The lowest BCUT2D eigenvalue weighted by atomic mass is 10.1. The van der Waals surface area contributed by atoms with Crippen LogP contribution < -0.4 is 5.32 Å². The average molecular weight is 399 g/mol. The second-order valence-electron chi connectivity index (χ2n) is 6.41. The lowest BCUT2D eigenvalue weighted by Gasteiger charge is -2.12. The van der Waals surface area contributed by atoms with E-state index < -0.39 is 10.0 Å². The molecule has 0 atom stereocenters. The van der Waals surface area contributed by atoms with Gasteiger partial charge in [0.1, 0.15) is 0 Å². The van der Waals surface area contributed by atoms with Crippen LogP contribution in [-0.2, 0) is 23.6 Å². The summed E-state index contributed by atoms with van der Waals surface area (Å²) in [5.74, 6) is -0.296. The minimum absolute atomic E-state index is 0.139. The highest BCUT2D eigenvalue weighted by atomic mass is 32.2. The van der Waals surface area contributed by atoms with Gasteiger partial charge in [0.25, 0.3) is 5.91 Å². The van der Waals surface area contributed by atoms with Crippen LogP contribution in [0, 0.1) is 0 Å². The van der Waals surface area contributed by atoms with Gasteiger partial charge in [0.2, 0.25) is 10.0 Å². The molecule has 3 rings (SSSR count). The van der Waals surface area contributed by atoms with Crippen LogP contribution in [0.1, 0.15) is 15.9 Å². The van der Waals surface area contributed by atoms with Crippen LogP contribution in [0.4, 0.5) is 0 Å². The third-order valence-corrected chi connectivity index (χ3v) is 6.03. The fraction of sp³-hybridized carbons (Fsp3) is 0.211. The molecule has 2 aromatic heterocycles. The third kappa shape index (κ3) is 4.10. The van der Waals surface area contributed by atoms with Crippen LogP contribution >= 0.6 is 0 Å². The van der Waals surface area contributed by atoms with Gasteiger partial charge in [-0.3, -0.25) is 14.5 Å². The molecule has 9 heteroatoms. The summed E-state index contributed by atoms with van der Waals surface area (Å²) in [6.45, 7) is 0.286. The van der Waals surface area contributed by atoms with E-state index >= 15 is 0 Å². The maximum atomic E-state index is 12.5. The summed E-state index contributed by atoms with van der Waals surface area (Å²) in [5, 5.41) is 7.00. The number of aromatic nitrogens is 3. The highest BCUT2D eigenvalue weighted by Crippen LogP contribution is 2.20. The Bertz CT molecular complexity index is 1090. The van der Waals surface area contributed by atoms with Gasteiger partial charge in [-0.1, -0.05) is 6.07 Å². The van der Waals surface area contributed by atoms with E-state index in [-0.39, 0.29) is 17.3 Å². The number of hydrogen-bond acceptors (Lipinski definition) is 5. The van der Waals surface area contributed by atoms with Crippen LogP contribution in [0.5, 0.6) is 0 Å². The van der Waals surface area contributed by atoms with Crippen LogP contribution in [-0.4, -0.2) is 47.5 Å². The molecule has 0 aliphatic rings. The van der Waals surface area contributed by atoms with E-state index in [4.69, 9.17) is 0 Å². The van der Waals surface area contributed by atoms with Crippen molar-refractivity contribution in [1.29, 1.82) is 0 Å². The quantitative estimate of drug-likeness (QED) is 0.680. The van der Waals surface area contributed by atoms with Crippen molar-refractivity contribution in [3.63, 3.8) is 0 Å². The number of aryl methyl sites for hydroxylation is 1. The number of hydrogen-bond donors (Lipinski definition) is 1. The van der Waals surface area contributed by atoms with E-state index in [0.29, 0.717) is 5.56 Å². The molecule has 146 valence electrons. The van der Waals surface area contributed by atoms with Crippen molar-refractivity contribution < 1.29 is 13.2 Å². The first-order valence-corrected chi connectivity index (χ1v) is 9.97. The van der Waals surface area contributed by atoms with Gasteiger partial charge in [0, 0.05) is 51.2 Å². The highest BCUT2D eigenvalue weighted by Gasteiger charge is 2.17. The summed E-state index contributed by atoms with van der Waals surface area (Å²) in [6.07, 6.45) is 5.27. The zero-order chi connectivity index (χ0) is 20.3. The van der Waals surface area contributed by atoms with Gasteiger partial charge in [-0.15, -0.1) is 0 Å². The Morgan fingerprint density at radius 3 is 2.50 bits per heavy atom. The molecule has 0 saturated carbocycles. The summed E-state index contributed by atoms with van der Waals surface area (Å²) in [4.78, 5) is 17.0. The zero-order valence-electron chi connectivity index (χ0n) is 15.8. The highest BCUT2D eigenvalue weighted by molar-refractivity contribution is 7.89. The molecule has 0 radical (unpaired) electrons. The lowest BCUT2D eigenvalue weighted by molar-refractivity contribution is 0.0951. The van der Waals surface area contributed by atoms with Crippen molar-refractivity contribution in [3.8, 4) is 11.3 Å². The first-order chi connectivity index (χ1) is 13.3. The molecule has 0 aliphatic carbocycles. The maximum absolute atomic E-state index is 12.5. The molecule has 1 amide bonds. The molecule has 1 aromatic carbocycles. The minimum atomic E-state index is -3.52. The molecule has 8 nitrogen and oxygen atoms in total. The molecule has 2 heterocycles. The Balaban J connectivity index is 1.73. The largest absolute Gasteiger partial charge is 0.348 e. The number of sulfonamides is 1. The predicted molar refractivity (Wildman–Crippen MR) is 105 cm³/mol. The first kappa shape index (κ1) is 19.7. The van der Waals surface area contributed by atoms with E-state index in [1.54, 1.807) is 17.1 Å². The fourth-order valence-corrected chi connectivity index (χ4v) is 3.55. The number of carbonyl (C=O) groups excluding carboxylic acids is 1. The van der Waals surface area contributed by atoms with Crippen LogP contribution in [0.15, 0.2) is 59.9 Å². The Kier molecular flexibility index (Phi) is 5.57. The first-order valence-electron chi connectivity index (χ1n) is 8.53. The SMILES string of the molecule is CN(C)S(=O)(=O)c1ccc(C(=O)NCc2cccnc2-c2cnn(C)c2)cc1. The maximum Gasteiger partial charge on any atom is 0.251 e. The molecular formula is C19H21N5O3S. The number of benzene rings is 1. The van der Waals surface area contributed by atoms with Crippen molar-refractivity contribution in [1.82, 2.24) is 24.4 Å². The van der Waals surface area contributed by atoms with Gasteiger partial charge >= 0.3 is 0 Å². The number of pyridine rings is 1. The Morgan fingerprint density at radius 2 is 1.89 bits per heavy atom. The molecule has 3 aromatic rings. The number of rotatable bonds is 6. The van der Waals surface area contributed by atoms with E-state index in [1.165, 1.54) is 38.4 Å². The Morgan fingerprint density at radius 1 is 1.18 bits per heavy atom. The molecule has 0 unspecified atom stereocenters. The smallest absolute Gasteiger partial charge is 0.251 e. The van der Waals surface area contributed by atoms with Crippen LogP contribution in [0.2, 0.25) is 0 Å². The van der Waals surface area contributed by atoms with E-state index in [9.17, 15) is 13.2 Å². The van der Waals surface area contributed by atoms with Gasteiger partial charge in [0.15, 0.2) is 0 Å². The molecular weight excluding hydrogens is 378 g/mol. The second-order valence-corrected chi connectivity index (χ2v) is 8.56. The van der Waals surface area contributed by atoms with E-state index in [1.807, 2.05) is 25.4 Å². The van der Waals surface area contributed by atoms with Gasteiger partial charge in [-0.2, -0.15) is 5.10 Å². The topological polar surface area (TPSA) is 97.2 Å². The minimum Gasteiger partial charge on any atom is -0.348 e. The summed E-state index contributed by atoms with van der Waals surface area (Å²) in [7, 11) is 1.23. The summed E-state index contributed by atoms with van der Waals surface area (Å²) in [5.41, 5.74) is 2.86. The summed E-state index contributed by atoms with van der Waals surface area (Å²) in [6, 6.07) is 9.55. The van der Waals surface area contributed by atoms with E-state index in [2.05, 4.69) is 15.4 Å². The monoisotopic (exact) mass is 399 g/mol. The van der Waals surface area contributed by atoms with Crippen molar-refractivity contribution in [2.24, 2.45) is 7.05 Å². The van der Waals surface area contributed by atoms with Gasteiger partial charge in [-0.05, 0) is 35.9 Å². The van der Waals surface area contributed by atoms with Gasteiger partial charge in [0.05, 0.1) is 16.8 Å². The standard InChI is InChI=1S/C19H21N5O3S/c1-23(2)28(26,27)17-8-6-14(7-9-17)19(25)21-11-15-5-4-10-20-18(15)16-12-22-24(3)13-16/h4-10,12-13H,11H2,1-3H3,(H,21,25). The predicted octanol–water partition coefficient (Wildman–Crippen LogP) is 1.66. The summed E-state index contributed by atoms with van der Waals surface area (Å²) >= 11 is 0. The Labute approximate surface area is 163 Å². The molecule has 0 spiro atoms. The molecule has 0 fully saturated rings. The van der Waals surface area contributed by atoms with Gasteiger partial charge in [-0.25, -0.2) is 12.7 Å². The number of nitrogens with zero attached hydrogens (tertiary/aromatic N) is 4. The average Bonchev–Trinajstić information content (AvgIpc) is 3.12. The molecule has 0 bridgehead atoms. The van der Waals surface area contributed by atoms with Crippen molar-refractivity contribution in [2.75, 3.05) is 14.1 Å². The fourth-order valence-electron chi connectivity index (χ4n) is 2.65. The zero-order valence-corrected chi connectivity index (χ0v) is 16.6. The number of nitrogens with one attached hydrogen (secondary N) is 1. The van der Waals surface area contributed by atoms with Crippen LogP contribution in [0.25, 0.3) is 11.3 Å². The molecule has 1 N–H and O–H groups in total. The second kappa shape index (κ2) is 7.91. The Hall–Kier alpha value is -3.04. The van der Waals surface area contributed by atoms with Crippen molar-refractivity contribution in [2.45, 2.75) is 11.4 Å². The molecule has 0 aliphatic heterocycles. The third-order valence-electron chi connectivity index (χ3n) is 4.20. The van der Waals surface area contributed by atoms with Crippen molar-refractivity contribution in [3.05, 3.63) is 66.1 Å². The number of carbonyl (C=O) groups is 1. The normalized spacial score (nSPS) is 11.6. The number of amides is 1. The summed E-state index contributed by atoms with van der Waals surface area (Å²) < 4.78 is 27.0. The lowest BCUT2D eigenvalue weighted by Crippen LogP contribution is -2.24. The van der Waals surface area contributed by atoms with E-state index in [0.717, 1.165) is 21.1 Å². The molecule has 0 saturated heterocycles. The van der Waals surface area contributed by atoms with Crippen molar-refractivity contribution >= 4 is 15.9 Å².